The van der Waals surface area contributed by atoms with Crippen LogP contribution in [0.25, 0.3) is 0 Å². The minimum absolute atomic E-state index is 0.0320. The molecule has 0 bridgehead atoms. The third-order valence-electron chi connectivity index (χ3n) is 4.37. The van der Waals surface area contributed by atoms with Gasteiger partial charge in [-0.2, -0.15) is 0 Å². The fourth-order valence-corrected chi connectivity index (χ4v) is 2.78. The standard InChI is InChI=1S/C21H25NO4/c1-16(18-7-5-4-6-8-18)22(14-13-21(24)26-3)20(23)15-17-9-11-19(25-2)12-10-17/h4-12,16H,13-15H2,1-3H3. The van der Waals surface area contributed by atoms with Crippen LogP contribution in [-0.2, 0) is 20.7 Å². The van der Waals surface area contributed by atoms with Crippen molar-refractivity contribution in [2.24, 2.45) is 0 Å². The molecule has 1 amide bonds. The van der Waals surface area contributed by atoms with Crippen molar-refractivity contribution >= 4 is 11.9 Å². The van der Waals surface area contributed by atoms with Gasteiger partial charge in [-0.1, -0.05) is 42.5 Å². The second-order valence-corrected chi connectivity index (χ2v) is 6.02. The van der Waals surface area contributed by atoms with Gasteiger partial charge in [-0.15, -0.1) is 0 Å². The van der Waals surface area contributed by atoms with Gasteiger partial charge in [0.2, 0.25) is 5.91 Å². The number of hydrogen-bond acceptors (Lipinski definition) is 4. The van der Waals surface area contributed by atoms with E-state index in [-0.39, 0.29) is 30.8 Å². The number of amides is 1. The molecule has 0 N–H and O–H groups in total. The van der Waals surface area contributed by atoms with Crippen LogP contribution in [0.15, 0.2) is 54.6 Å². The van der Waals surface area contributed by atoms with Gasteiger partial charge < -0.3 is 14.4 Å². The molecule has 0 spiro atoms. The zero-order chi connectivity index (χ0) is 18.9. The van der Waals surface area contributed by atoms with E-state index in [1.165, 1.54) is 7.11 Å². The predicted octanol–water partition coefficient (Wildman–Crippen LogP) is 3.39. The molecule has 0 aliphatic heterocycles. The second-order valence-electron chi connectivity index (χ2n) is 6.02. The van der Waals surface area contributed by atoms with Crippen molar-refractivity contribution in [2.45, 2.75) is 25.8 Å². The highest BCUT2D eigenvalue weighted by molar-refractivity contribution is 5.80. The lowest BCUT2D eigenvalue weighted by Crippen LogP contribution is -2.36. The second kappa shape index (κ2) is 9.61. The number of carbonyl (C=O) groups excluding carboxylic acids is 2. The van der Waals surface area contributed by atoms with Gasteiger partial charge in [0.25, 0.3) is 0 Å². The minimum atomic E-state index is -0.326. The van der Waals surface area contributed by atoms with Gasteiger partial charge in [0.15, 0.2) is 0 Å². The number of nitrogens with zero attached hydrogens (tertiary/aromatic N) is 1. The first kappa shape index (κ1) is 19.5. The lowest BCUT2D eigenvalue weighted by atomic mass is 10.0. The topological polar surface area (TPSA) is 55.8 Å². The highest BCUT2D eigenvalue weighted by Gasteiger charge is 2.22. The number of rotatable bonds is 8. The van der Waals surface area contributed by atoms with Gasteiger partial charge in [-0.05, 0) is 30.2 Å². The number of benzene rings is 2. The number of ether oxygens (including phenoxy) is 2. The maximum atomic E-state index is 12.9. The van der Waals surface area contributed by atoms with E-state index in [9.17, 15) is 9.59 Å². The van der Waals surface area contributed by atoms with Crippen LogP contribution >= 0.6 is 0 Å². The minimum Gasteiger partial charge on any atom is -0.497 e. The molecule has 0 saturated heterocycles. The molecule has 5 nitrogen and oxygen atoms in total. The van der Waals surface area contributed by atoms with Gasteiger partial charge in [0.05, 0.1) is 33.1 Å². The van der Waals surface area contributed by atoms with Gasteiger partial charge in [0, 0.05) is 6.54 Å². The Kier molecular flexibility index (Phi) is 7.21. The molecule has 2 rings (SSSR count). The van der Waals surface area contributed by atoms with Crippen molar-refractivity contribution in [1.82, 2.24) is 4.90 Å². The normalized spacial score (nSPS) is 11.5. The van der Waals surface area contributed by atoms with Gasteiger partial charge in [-0.25, -0.2) is 0 Å². The van der Waals surface area contributed by atoms with E-state index in [0.717, 1.165) is 16.9 Å². The number of methoxy groups -OCH3 is 2. The molecule has 26 heavy (non-hydrogen) atoms. The van der Waals surface area contributed by atoms with Crippen LogP contribution in [0.5, 0.6) is 5.75 Å². The molecule has 0 aliphatic rings. The quantitative estimate of drug-likeness (QED) is 0.681. The first-order valence-electron chi connectivity index (χ1n) is 8.59. The van der Waals surface area contributed by atoms with E-state index in [0.29, 0.717) is 6.54 Å². The van der Waals surface area contributed by atoms with Crippen molar-refractivity contribution in [3.63, 3.8) is 0 Å². The molecule has 2 aromatic rings. The molecule has 0 radical (unpaired) electrons. The Bertz CT molecular complexity index is 713. The summed E-state index contributed by atoms with van der Waals surface area (Å²) in [6, 6.07) is 17.1. The molecule has 0 aromatic heterocycles. The highest BCUT2D eigenvalue weighted by atomic mass is 16.5. The number of esters is 1. The smallest absolute Gasteiger partial charge is 0.307 e. The van der Waals surface area contributed by atoms with E-state index >= 15 is 0 Å². The summed E-state index contributed by atoms with van der Waals surface area (Å²) in [4.78, 5) is 26.2. The first-order chi connectivity index (χ1) is 12.5. The Morgan fingerprint density at radius 2 is 1.65 bits per heavy atom. The Hall–Kier alpha value is -2.82. The third kappa shape index (κ3) is 5.34. The van der Waals surface area contributed by atoms with Crippen LogP contribution in [0.2, 0.25) is 0 Å². The van der Waals surface area contributed by atoms with Crippen molar-refractivity contribution in [1.29, 1.82) is 0 Å². The van der Waals surface area contributed by atoms with Gasteiger partial charge in [0.1, 0.15) is 5.75 Å². The fourth-order valence-electron chi connectivity index (χ4n) is 2.78. The highest BCUT2D eigenvalue weighted by Crippen LogP contribution is 2.22. The average Bonchev–Trinajstić information content (AvgIpc) is 2.69. The first-order valence-corrected chi connectivity index (χ1v) is 8.59. The molecule has 138 valence electrons. The van der Waals surface area contributed by atoms with Crippen molar-refractivity contribution in [3.8, 4) is 5.75 Å². The summed E-state index contributed by atoms with van der Waals surface area (Å²) < 4.78 is 9.87. The zero-order valence-corrected chi connectivity index (χ0v) is 15.5. The van der Waals surface area contributed by atoms with Gasteiger partial charge in [-0.3, -0.25) is 9.59 Å². The summed E-state index contributed by atoms with van der Waals surface area (Å²) >= 11 is 0. The van der Waals surface area contributed by atoms with Crippen LogP contribution in [0.4, 0.5) is 0 Å². The maximum Gasteiger partial charge on any atom is 0.307 e. The van der Waals surface area contributed by atoms with Crippen molar-refractivity contribution in [3.05, 3.63) is 65.7 Å². The summed E-state index contributed by atoms with van der Waals surface area (Å²) in [6.07, 6.45) is 0.435. The van der Waals surface area contributed by atoms with E-state index in [2.05, 4.69) is 0 Å². The molecule has 0 aliphatic carbocycles. The van der Waals surface area contributed by atoms with Crippen LogP contribution in [0, 0.1) is 0 Å². The molecule has 2 aromatic carbocycles. The molecule has 5 heteroatoms. The van der Waals surface area contributed by atoms with E-state index in [1.807, 2.05) is 61.5 Å². The van der Waals surface area contributed by atoms with Crippen LogP contribution in [0.3, 0.4) is 0 Å². The Balaban J connectivity index is 2.15. The van der Waals surface area contributed by atoms with Crippen LogP contribution in [-0.4, -0.2) is 37.5 Å². The molecule has 0 saturated carbocycles. The summed E-state index contributed by atoms with van der Waals surface area (Å²) in [7, 11) is 2.96. The SMILES string of the molecule is COC(=O)CCN(C(=O)Cc1ccc(OC)cc1)C(C)c1ccccc1. The van der Waals surface area contributed by atoms with Crippen molar-refractivity contribution in [2.75, 3.05) is 20.8 Å². The molecular formula is C21H25NO4. The largest absolute Gasteiger partial charge is 0.497 e. The van der Waals surface area contributed by atoms with Crippen LogP contribution in [0.1, 0.15) is 30.5 Å². The summed E-state index contributed by atoms with van der Waals surface area (Å²) in [5.41, 5.74) is 1.93. The van der Waals surface area contributed by atoms with Gasteiger partial charge >= 0.3 is 5.97 Å². The molecular weight excluding hydrogens is 330 g/mol. The molecule has 0 fully saturated rings. The Labute approximate surface area is 154 Å². The summed E-state index contributed by atoms with van der Waals surface area (Å²) in [5.74, 6) is 0.393. The van der Waals surface area contributed by atoms with Crippen molar-refractivity contribution < 1.29 is 19.1 Å². The Morgan fingerprint density at radius 3 is 2.23 bits per heavy atom. The number of hydrogen-bond donors (Lipinski definition) is 0. The molecule has 1 unspecified atom stereocenters. The van der Waals surface area contributed by atoms with E-state index in [1.54, 1.807) is 12.0 Å². The Morgan fingerprint density at radius 1 is 1.00 bits per heavy atom. The van der Waals surface area contributed by atoms with E-state index in [4.69, 9.17) is 9.47 Å². The maximum absolute atomic E-state index is 12.9. The molecule has 0 heterocycles. The average molecular weight is 355 g/mol. The summed E-state index contributed by atoms with van der Waals surface area (Å²) in [5, 5.41) is 0. The fraction of sp³-hybridized carbons (Fsp3) is 0.333. The third-order valence-corrected chi connectivity index (χ3v) is 4.37. The summed E-state index contributed by atoms with van der Waals surface area (Å²) in [6.45, 7) is 2.29. The zero-order valence-electron chi connectivity index (χ0n) is 15.5. The van der Waals surface area contributed by atoms with E-state index < -0.39 is 0 Å². The lowest BCUT2D eigenvalue weighted by molar-refractivity contribution is -0.142. The molecule has 1 atom stereocenters. The predicted molar refractivity (Wildman–Crippen MR) is 99.9 cm³/mol. The monoisotopic (exact) mass is 355 g/mol. The van der Waals surface area contributed by atoms with Crippen LogP contribution < -0.4 is 4.74 Å². The lowest BCUT2D eigenvalue weighted by Gasteiger charge is -2.29. The number of carbonyl (C=O) groups is 2.